The quantitative estimate of drug-likeness (QED) is 0.0888. The van der Waals surface area contributed by atoms with Crippen molar-refractivity contribution in [2.24, 2.45) is 65.1 Å². The first-order chi connectivity index (χ1) is 31.9. The Kier molecular flexibility index (Phi) is 119. The molecule has 0 saturated carbocycles. The maximum Gasteiger partial charge on any atom is 0.233 e. The van der Waals surface area contributed by atoms with Gasteiger partial charge in [-0.1, -0.05) is 272 Å². The summed E-state index contributed by atoms with van der Waals surface area (Å²) in [6, 6.07) is 6.09. The molecule has 1 saturated heterocycles. The van der Waals surface area contributed by atoms with Gasteiger partial charge in [-0.3, -0.25) is 19.5 Å². The average Bonchev–Trinajstić information content (AvgIpc) is 3.51. The predicted octanol–water partition coefficient (Wildman–Crippen LogP) is 24.9. The van der Waals surface area contributed by atoms with Crippen LogP contribution in [0.5, 0.6) is 0 Å². The molecule has 1 aliphatic rings. The molecule has 1 unspecified atom stereocenters. The van der Waals surface area contributed by atoms with Crippen molar-refractivity contribution in [2.45, 2.75) is 332 Å². The SMILES string of the molecule is C.C.C.C.C.C.C.C.C.C.C.C.C.CC(C)C.CC(C)C1CC(=O)N(C(C)C)C1=O.CC(C)C=CCC(C)C.CC(C)CC=CCC(C)C.CC(C)CCS(=O)(=O)C(C)C.CC(C)CCS(=O)(=O)CC(C)C.CC(C)CCc1ccccn1. The van der Waals surface area contributed by atoms with E-state index in [-0.39, 0.29) is 137 Å². The number of carbonyl (C=O) groups is 2. The second kappa shape index (κ2) is 75.8. The third kappa shape index (κ3) is 96.2. The van der Waals surface area contributed by atoms with Crippen LogP contribution in [-0.4, -0.2) is 67.1 Å². The maximum absolute atomic E-state index is 11.7. The van der Waals surface area contributed by atoms with Crippen molar-refractivity contribution in [1.82, 2.24) is 9.88 Å². The van der Waals surface area contributed by atoms with E-state index in [4.69, 9.17) is 0 Å². The molecule has 2 heterocycles. The van der Waals surface area contributed by atoms with Gasteiger partial charge in [0.25, 0.3) is 0 Å². The number of aromatic nitrogens is 1. The summed E-state index contributed by atoms with van der Waals surface area (Å²) in [5.74, 6) is 7.14. The van der Waals surface area contributed by atoms with Crippen LogP contribution < -0.4 is 0 Å². The van der Waals surface area contributed by atoms with E-state index in [0.29, 0.717) is 41.4 Å². The number of aryl methyl sites for hydroxylation is 1. The van der Waals surface area contributed by atoms with Crippen LogP contribution in [0, 0.1) is 65.1 Å². The lowest BCUT2D eigenvalue weighted by molar-refractivity contribution is -0.141. The van der Waals surface area contributed by atoms with Crippen LogP contribution in [0.2, 0.25) is 0 Å². The molecule has 1 aromatic heterocycles. The van der Waals surface area contributed by atoms with Crippen molar-refractivity contribution in [2.75, 3.05) is 17.3 Å². The largest absolute Gasteiger partial charge is 0.280 e. The molecule has 0 spiro atoms. The number of hydrogen-bond acceptors (Lipinski definition) is 7. The first-order valence-electron chi connectivity index (χ1n) is 27.4. The number of allylic oxidation sites excluding steroid dienone is 4. The number of rotatable bonds is 21. The highest BCUT2D eigenvalue weighted by atomic mass is 32.2. The Morgan fingerprint density at radius 3 is 1.11 bits per heavy atom. The first-order valence-corrected chi connectivity index (χ1v) is 30.9. The van der Waals surface area contributed by atoms with Crippen molar-refractivity contribution in [3.63, 3.8) is 0 Å². The number of imide groups is 1. The van der Waals surface area contributed by atoms with Crippen LogP contribution in [0.4, 0.5) is 0 Å². The Morgan fingerprint density at radius 1 is 0.494 bits per heavy atom. The number of nitrogens with zero attached hydrogens (tertiary/aromatic N) is 2. The molecule has 0 aliphatic carbocycles. The van der Waals surface area contributed by atoms with Crippen molar-refractivity contribution >= 4 is 31.5 Å². The Morgan fingerprint density at radius 2 is 0.855 bits per heavy atom. The minimum absolute atomic E-state index is 0. The van der Waals surface area contributed by atoms with Crippen LogP contribution in [0.1, 0.15) is 320 Å². The molecule has 1 fully saturated rings. The fourth-order valence-electron chi connectivity index (χ4n) is 5.72. The van der Waals surface area contributed by atoms with Crippen molar-refractivity contribution < 1.29 is 26.4 Å². The molecule has 0 aromatic carbocycles. The second-order valence-corrected chi connectivity index (χ2v) is 29.0. The molecule has 8 nitrogen and oxygen atoms in total. The van der Waals surface area contributed by atoms with Gasteiger partial charge in [-0.25, -0.2) is 16.8 Å². The topological polar surface area (TPSA) is 119 Å². The average molecular weight is 1240 g/mol. The molecule has 520 valence electrons. The summed E-state index contributed by atoms with van der Waals surface area (Å²) in [5, 5.41) is -0.221. The van der Waals surface area contributed by atoms with Gasteiger partial charge in [-0.2, -0.15) is 0 Å². The summed E-state index contributed by atoms with van der Waals surface area (Å²) in [4.78, 5) is 28.8. The molecule has 2 rings (SSSR count). The second-order valence-electron chi connectivity index (χ2n) is 24.1. The summed E-state index contributed by atoms with van der Waals surface area (Å²) < 4.78 is 45.2. The zero-order chi connectivity index (χ0) is 56.0. The summed E-state index contributed by atoms with van der Waals surface area (Å²) in [6.07, 6.45) is 19.0. The van der Waals surface area contributed by atoms with Gasteiger partial charge in [0.05, 0.1) is 22.5 Å². The van der Waals surface area contributed by atoms with E-state index in [9.17, 15) is 26.4 Å². The normalized spacial score (nSPS) is 11.9. The van der Waals surface area contributed by atoms with Crippen LogP contribution in [0.25, 0.3) is 0 Å². The van der Waals surface area contributed by atoms with Crippen LogP contribution in [0.3, 0.4) is 0 Å². The van der Waals surface area contributed by atoms with E-state index >= 15 is 0 Å². The van der Waals surface area contributed by atoms with E-state index in [1.165, 1.54) is 36.3 Å². The van der Waals surface area contributed by atoms with Gasteiger partial charge in [0, 0.05) is 30.3 Å². The predicted molar refractivity (Wildman–Crippen MR) is 398 cm³/mol. The highest BCUT2D eigenvalue weighted by Crippen LogP contribution is 2.27. The molecular formula is C73H170N2O6S2. The Labute approximate surface area is 534 Å². The third-order valence-corrected chi connectivity index (χ3v) is 14.3. The van der Waals surface area contributed by atoms with Crippen LogP contribution in [-0.2, 0) is 35.7 Å². The van der Waals surface area contributed by atoms with Gasteiger partial charge in [0.2, 0.25) is 11.8 Å². The number of carbonyl (C=O) groups excluding carboxylic acids is 2. The molecule has 0 N–H and O–H groups in total. The summed E-state index contributed by atoms with van der Waals surface area (Å²) in [5.41, 5.74) is 1.21. The zero-order valence-electron chi connectivity index (χ0n) is 50.6. The smallest absolute Gasteiger partial charge is 0.233 e. The van der Waals surface area contributed by atoms with Gasteiger partial charge in [-0.15, -0.1) is 0 Å². The van der Waals surface area contributed by atoms with Gasteiger partial charge < -0.3 is 0 Å². The van der Waals surface area contributed by atoms with E-state index in [1.54, 1.807) is 13.8 Å². The van der Waals surface area contributed by atoms with E-state index in [1.807, 2.05) is 87.6 Å². The number of amides is 2. The van der Waals surface area contributed by atoms with Crippen LogP contribution in [0.15, 0.2) is 48.7 Å². The summed E-state index contributed by atoms with van der Waals surface area (Å²) in [7, 11) is -5.57. The molecule has 83 heavy (non-hydrogen) atoms. The van der Waals surface area contributed by atoms with Crippen LogP contribution >= 0.6 is 0 Å². The Balaban J connectivity index is -0.0000000366. The highest BCUT2D eigenvalue weighted by molar-refractivity contribution is 7.92. The Hall–Kier alpha value is -2.33. The van der Waals surface area contributed by atoms with Crippen molar-refractivity contribution in [1.29, 1.82) is 0 Å². The molecule has 1 atom stereocenters. The third-order valence-electron chi connectivity index (χ3n) is 10.0. The van der Waals surface area contributed by atoms with Gasteiger partial charge in [-0.05, 0) is 144 Å². The molecule has 10 heteroatoms. The van der Waals surface area contributed by atoms with E-state index < -0.39 is 19.7 Å². The van der Waals surface area contributed by atoms with Gasteiger partial charge in [0.15, 0.2) is 19.7 Å². The fraction of sp³-hybridized carbons (Fsp3) is 0.849. The maximum atomic E-state index is 11.7. The van der Waals surface area contributed by atoms with E-state index in [2.05, 4.69) is 125 Å². The molecule has 2 amide bonds. The van der Waals surface area contributed by atoms with Gasteiger partial charge in [0.1, 0.15) is 0 Å². The lowest BCUT2D eigenvalue weighted by Gasteiger charge is -2.19. The molecule has 0 bridgehead atoms. The Bertz CT molecular complexity index is 1640. The van der Waals surface area contributed by atoms with Gasteiger partial charge >= 0.3 is 0 Å². The number of hydrogen-bond donors (Lipinski definition) is 0. The lowest BCUT2D eigenvalue weighted by Crippen LogP contribution is -2.37. The minimum atomic E-state index is -2.79. The first kappa shape index (κ1) is 130. The van der Waals surface area contributed by atoms with E-state index in [0.717, 1.165) is 48.9 Å². The minimum Gasteiger partial charge on any atom is -0.280 e. The van der Waals surface area contributed by atoms with Crippen molar-refractivity contribution in [3.05, 3.63) is 54.4 Å². The monoisotopic (exact) mass is 1240 g/mol. The molecule has 0 radical (unpaired) electrons. The number of pyridine rings is 1. The number of sulfone groups is 2. The molecular weight excluding hydrogens is 1060 g/mol. The van der Waals surface area contributed by atoms with Crippen molar-refractivity contribution in [3.8, 4) is 0 Å². The lowest BCUT2D eigenvalue weighted by atomic mass is 9.94. The summed E-state index contributed by atoms with van der Waals surface area (Å²) >= 11 is 0. The zero-order valence-corrected chi connectivity index (χ0v) is 52.2. The molecule has 1 aliphatic heterocycles. The fourth-order valence-corrected chi connectivity index (χ4v) is 9.01. The standard InChI is InChI=1S/C10H17NO2.C10H15N.C10H20.C9H20O2S.C9H18.C8H18O2S.C4H10.13CH4/c1-6(2)8-5-9(12)11(7(3)4)10(8)13;1-9(2)6-7-10-5-3-4-8-11-10;1-9(2)7-5-6-8-10(3)4;1-8(2)5-6-12(10,11)7-9(3)4;1-8(2)6-5-7-9(3)4;1-7(2)5-6-11(9,10)8(3)4;1-4(2)3;;;;;;;;;;;;;/h6-8H,5H2,1-4H3;3-5,8-9H,6-7H2,1-2H3;5-6,9-10H,7-8H2,1-4H3;8-9H,5-7H2,1-4H3;5-6,8-9H,7H2,1-4H3;7-8H,5-6H2,1-4H3;4H,1-3H3;13*1H4. The summed E-state index contributed by atoms with van der Waals surface area (Å²) in [6.45, 7) is 52.1. The number of likely N-dealkylation sites (tertiary alicyclic amines) is 1. The molecule has 1 aromatic rings. The highest BCUT2D eigenvalue weighted by Gasteiger charge is 2.41.